The largest absolute Gasteiger partial charge is 0.465 e. The summed E-state index contributed by atoms with van der Waals surface area (Å²) in [7, 11) is 3.12. The van der Waals surface area contributed by atoms with Crippen molar-refractivity contribution >= 4 is 33.9 Å². The third-order valence-electron chi connectivity index (χ3n) is 6.18. The number of esters is 1. The predicted octanol–water partition coefficient (Wildman–Crippen LogP) is 5.45. The molecular formula is C29H29N3O4. The van der Waals surface area contributed by atoms with Gasteiger partial charge in [-0.1, -0.05) is 18.2 Å². The molecule has 1 atom stereocenters. The SMILES string of the molecule is CN/C=C1/C=C(c2oc3c([C@H](C)Nc4ccccc4C(=O)OC)cc(C)cc3c(=O)c2C)C=CC1=N. The van der Waals surface area contributed by atoms with E-state index in [0.717, 1.165) is 11.1 Å². The first-order chi connectivity index (χ1) is 17.2. The van der Waals surface area contributed by atoms with Crippen molar-refractivity contribution in [3.8, 4) is 0 Å². The van der Waals surface area contributed by atoms with Crippen molar-refractivity contribution < 1.29 is 13.9 Å². The van der Waals surface area contributed by atoms with Crippen molar-refractivity contribution in [3.63, 3.8) is 0 Å². The average Bonchev–Trinajstić information content (AvgIpc) is 2.87. The Morgan fingerprint density at radius 3 is 2.64 bits per heavy atom. The summed E-state index contributed by atoms with van der Waals surface area (Å²) in [5, 5.41) is 15.0. The van der Waals surface area contributed by atoms with E-state index in [0.29, 0.717) is 50.4 Å². The van der Waals surface area contributed by atoms with Crippen molar-refractivity contribution in [1.82, 2.24) is 5.32 Å². The van der Waals surface area contributed by atoms with Crippen LogP contribution >= 0.6 is 0 Å². The summed E-state index contributed by atoms with van der Waals surface area (Å²) in [4.78, 5) is 25.7. The Labute approximate surface area is 209 Å². The van der Waals surface area contributed by atoms with E-state index in [9.17, 15) is 9.59 Å². The predicted molar refractivity (Wildman–Crippen MR) is 144 cm³/mol. The highest BCUT2D eigenvalue weighted by molar-refractivity contribution is 6.13. The molecule has 2 aromatic carbocycles. The van der Waals surface area contributed by atoms with Crippen LogP contribution in [0.5, 0.6) is 0 Å². The van der Waals surface area contributed by atoms with E-state index in [4.69, 9.17) is 14.6 Å². The zero-order chi connectivity index (χ0) is 26.0. The minimum atomic E-state index is -0.434. The Kier molecular flexibility index (Phi) is 6.92. The summed E-state index contributed by atoms with van der Waals surface area (Å²) in [5.74, 6) is 0.0291. The number of rotatable bonds is 6. The highest BCUT2D eigenvalue weighted by Crippen LogP contribution is 2.33. The molecule has 1 aliphatic carbocycles. The summed E-state index contributed by atoms with van der Waals surface area (Å²) in [6, 6.07) is 10.7. The van der Waals surface area contributed by atoms with Crippen LogP contribution in [0.2, 0.25) is 0 Å². The minimum Gasteiger partial charge on any atom is -0.465 e. The topological polar surface area (TPSA) is 104 Å². The molecule has 3 N–H and O–H groups in total. The van der Waals surface area contributed by atoms with Gasteiger partial charge in [-0.05, 0) is 62.8 Å². The van der Waals surface area contributed by atoms with E-state index in [2.05, 4.69) is 10.6 Å². The van der Waals surface area contributed by atoms with Gasteiger partial charge >= 0.3 is 5.97 Å². The molecular weight excluding hydrogens is 454 g/mol. The smallest absolute Gasteiger partial charge is 0.339 e. The van der Waals surface area contributed by atoms with Gasteiger partial charge in [-0.15, -0.1) is 0 Å². The van der Waals surface area contributed by atoms with E-state index >= 15 is 0 Å². The maximum absolute atomic E-state index is 13.5. The maximum atomic E-state index is 13.5. The molecule has 4 rings (SSSR count). The summed E-state index contributed by atoms with van der Waals surface area (Å²) in [5.41, 5.74) is 5.42. The van der Waals surface area contributed by atoms with Gasteiger partial charge in [0.25, 0.3) is 0 Å². The second kappa shape index (κ2) is 10.1. The van der Waals surface area contributed by atoms with Gasteiger partial charge in [-0.2, -0.15) is 0 Å². The third-order valence-corrected chi connectivity index (χ3v) is 6.18. The molecule has 7 nitrogen and oxygen atoms in total. The molecule has 0 aliphatic heterocycles. The number of methoxy groups -OCH3 is 1. The first-order valence-corrected chi connectivity index (χ1v) is 11.6. The molecule has 1 aliphatic rings. The number of hydrogen-bond donors (Lipinski definition) is 3. The second-order valence-electron chi connectivity index (χ2n) is 8.75. The van der Waals surface area contributed by atoms with Crippen LogP contribution in [0.25, 0.3) is 16.5 Å². The molecule has 0 unspecified atom stereocenters. The highest BCUT2D eigenvalue weighted by Gasteiger charge is 2.22. The molecule has 0 amide bonds. The quantitative estimate of drug-likeness (QED) is 0.403. The number of carbonyl (C=O) groups is 1. The number of para-hydroxylation sites is 1. The zero-order valence-corrected chi connectivity index (χ0v) is 21.0. The fourth-order valence-electron chi connectivity index (χ4n) is 4.35. The van der Waals surface area contributed by atoms with Crippen molar-refractivity contribution in [2.24, 2.45) is 0 Å². The van der Waals surface area contributed by atoms with Crippen molar-refractivity contribution in [2.75, 3.05) is 19.5 Å². The first kappa shape index (κ1) is 24.7. The standard InChI is InChI=1S/C29H29N3O4/c1-16-12-22(18(3)32-25-9-7-6-8-21(25)29(34)35-5)28-23(13-16)26(33)17(2)27(36-28)19-10-11-24(30)20(14-19)15-31-4/h6-15,18,30-32H,1-5H3/b20-15-,30-24?/t18-/m0/s1. The van der Waals surface area contributed by atoms with Crippen molar-refractivity contribution in [1.29, 1.82) is 5.41 Å². The van der Waals surface area contributed by atoms with Gasteiger partial charge in [0.05, 0.1) is 29.8 Å². The molecule has 36 heavy (non-hydrogen) atoms. The Balaban J connectivity index is 1.87. The molecule has 3 aromatic rings. The molecule has 0 spiro atoms. The lowest BCUT2D eigenvalue weighted by Crippen LogP contribution is -2.15. The van der Waals surface area contributed by atoms with Crippen LogP contribution < -0.4 is 16.1 Å². The monoisotopic (exact) mass is 483 g/mol. The van der Waals surface area contributed by atoms with Crippen LogP contribution in [0, 0.1) is 19.3 Å². The number of anilines is 1. The number of benzene rings is 2. The summed E-state index contributed by atoms with van der Waals surface area (Å²) in [6.45, 7) is 5.65. The summed E-state index contributed by atoms with van der Waals surface area (Å²) in [6.07, 6.45) is 7.04. The molecule has 0 fully saturated rings. The third kappa shape index (κ3) is 4.60. The molecule has 0 bridgehead atoms. The Bertz CT molecular complexity index is 1530. The van der Waals surface area contributed by atoms with Gasteiger partial charge < -0.3 is 25.2 Å². The van der Waals surface area contributed by atoms with Crippen LogP contribution in [0.4, 0.5) is 5.69 Å². The highest BCUT2D eigenvalue weighted by atomic mass is 16.5. The van der Waals surface area contributed by atoms with E-state index in [-0.39, 0.29) is 11.5 Å². The fraction of sp³-hybridized carbons (Fsp3) is 0.207. The molecule has 7 heteroatoms. The first-order valence-electron chi connectivity index (χ1n) is 11.6. The van der Waals surface area contributed by atoms with Gasteiger partial charge in [-0.25, -0.2) is 4.79 Å². The molecule has 1 heterocycles. The number of carbonyl (C=O) groups excluding carboxylic acids is 1. The number of aryl methyl sites for hydroxylation is 1. The van der Waals surface area contributed by atoms with E-state index in [1.54, 1.807) is 44.5 Å². The van der Waals surface area contributed by atoms with Crippen molar-refractivity contribution in [3.05, 3.63) is 105 Å². The molecule has 0 saturated carbocycles. The Morgan fingerprint density at radius 2 is 1.92 bits per heavy atom. The van der Waals surface area contributed by atoms with Crippen molar-refractivity contribution in [2.45, 2.75) is 26.8 Å². The number of nitrogens with one attached hydrogen (secondary N) is 3. The Hall–Kier alpha value is -4.39. The lowest BCUT2D eigenvalue weighted by Gasteiger charge is -2.20. The number of allylic oxidation sites excluding steroid dienone is 5. The van der Waals surface area contributed by atoms with Gasteiger partial charge in [0.15, 0.2) is 5.43 Å². The van der Waals surface area contributed by atoms with Gasteiger partial charge in [-0.3, -0.25) is 4.79 Å². The minimum absolute atomic E-state index is 0.104. The summed E-state index contributed by atoms with van der Waals surface area (Å²) >= 11 is 0. The zero-order valence-electron chi connectivity index (χ0n) is 21.0. The fourth-order valence-corrected chi connectivity index (χ4v) is 4.35. The maximum Gasteiger partial charge on any atom is 0.339 e. The number of ether oxygens (including phenoxy) is 1. The number of fused-ring (bicyclic) bond motifs is 1. The molecule has 1 aromatic heterocycles. The molecule has 0 saturated heterocycles. The van der Waals surface area contributed by atoms with Gasteiger partial charge in [0, 0.05) is 41.2 Å². The van der Waals surface area contributed by atoms with Crippen LogP contribution in [-0.4, -0.2) is 25.8 Å². The Morgan fingerprint density at radius 1 is 1.17 bits per heavy atom. The van der Waals surface area contributed by atoms with Crippen LogP contribution in [0.3, 0.4) is 0 Å². The van der Waals surface area contributed by atoms with Crippen LogP contribution in [0.15, 0.2) is 75.6 Å². The van der Waals surface area contributed by atoms with E-state index in [1.165, 1.54) is 7.11 Å². The summed E-state index contributed by atoms with van der Waals surface area (Å²) < 4.78 is 11.4. The van der Waals surface area contributed by atoms with E-state index < -0.39 is 5.97 Å². The lowest BCUT2D eigenvalue weighted by molar-refractivity contribution is 0.0602. The average molecular weight is 484 g/mol. The van der Waals surface area contributed by atoms with Crippen LogP contribution in [0.1, 0.15) is 45.8 Å². The lowest BCUT2D eigenvalue weighted by atomic mass is 9.95. The molecule has 0 radical (unpaired) electrons. The van der Waals surface area contributed by atoms with Crippen LogP contribution in [-0.2, 0) is 4.74 Å². The molecule has 184 valence electrons. The van der Waals surface area contributed by atoms with Gasteiger partial charge in [0.1, 0.15) is 11.3 Å². The van der Waals surface area contributed by atoms with E-state index in [1.807, 2.05) is 44.2 Å². The normalized spacial score (nSPS) is 15.1. The van der Waals surface area contributed by atoms with Gasteiger partial charge in [0.2, 0.25) is 0 Å². The number of hydrogen-bond acceptors (Lipinski definition) is 7. The second-order valence-corrected chi connectivity index (χ2v) is 8.75.